The molecule has 6 heteroatoms. The highest BCUT2D eigenvalue weighted by atomic mass is 35.5. The number of benzene rings is 1. The number of nitrogens with zero attached hydrogens (tertiary/aromatic N) is 2. The van der Waals surface area contributed by atoms with Crippen molar-refractivity contribution in [2.45, 2.75) is 27.3 Å². The van der Waals surface area contributed by atoms with Gasteiger partial charge in [0.1, 0.15) is 0 Å². The summed E-state index contributed by atoms with van der Waals surface area (Å²) in [5, 5.41) is 5.78. The Hall–Kier alpha value is -0.970. The molecule has 0 spiro atoms. The molecule has 114 valence electrons. The van der Waals surface area contributed by atoms with Gasteiger partial charge in [0.25, 0.3) is 0 Å². The number of anilines is 2. The molecule has 1 aromatic carbocycles. The summed E-state index contributed by atoms with van der Waals surface area (Å²) in [6.45, 7) is 8.84. The normalized spacial score (nSPS) is 10.7. The molecule has 1 heterocycles. The van der Waals surface area contributed by atoms with E-state index < -0.39 is 0 Å². The Morgan fingerprint density at radius 1 is 1.19 bits per heavy atom. The van der Waals surface area contributed by atoms with E-state index in [1.165, 1.54) is 4.88 Å². The van der Waals surface area contributed by atoms with Gasteiger partial charge in [-0.15, -0.1) is 11.3 Å². The molecule has 0 aliphatic carbocycles. The topological polar surface area (TPSA) is 28.2 Å². The quantitative estimate of drug-likeness (QED) is 0.779. The first kappa shape index (κ1) is 16.4. The summed E-state index contributed by atoms with van der Waals surface area (Å²) in [5.74, 6) is 0. The van der Waals surface area contributed by atoms with E-state index in [0.717, 1.165) is 34.5 Å². The van der Waals surface area contributed by atoms with Crippen LogP contribution in [0.5, 0.6) is 0 Å². The van der Waals surface area contributed by atoms with Gasteiger partial charge < -0.3 is 10.2 Å². The van der Waals surface area contributed by atoms with Crippen LogP contribution in [0.2, 0.25) is 10.0 Å². The second kappa shape index (κ2) is 7.34. The van der Waals surface area contributed by atoms with Crippen LogP contribution < -0.4 is 10.2 Å². The lowest BCUT2D eigenvalue weighted by atomic mass is 10.2. The van der Waals surface area contributed by atoms with Crippen LogP contribution in [-0.4, -0.2) is 18.1 Å². The highest BCUT2D eigenvalue weighted by Gasteiger charge is 2.09. The van der Waals surface area contributed by atoms with Gasteiger partial charge in [0.05, 0.1) is 17.3 Å². The smallest absolute Gasteiger partial charge is 0.185 e. The zero-order valence-corrected chi connectivity index (χ0v) is 14.7. The van der Waals surface area contributed by atoms with Gasteiger partial charge in [0, 0.05) is 29.2 Å². The number of thiazole rings is 1. The Kier molecular flexibility index (Phi) is 5.73. The molecule has 3 nitrogen and oxygen atoms in total. The van der Waals surface area contributed by atoms with E-state index in [0.29, 0.717) is 11.6 Å². The third kappa shape index (κ3) is 4.02. The minimum atomic E-state index is 0.686. The van der Waals surface area contributed by atoms with Crippen LogP contribution in [0, 0.1) is 6.92 Å². The molecule has 0 bridgehead atoms. The fourth-order valence-electron chi connectivity index (χ4n) is 1.98. The molecule has 1 N–H and O–H groups in total. The van der Waals surface area contributed by atoms with Crippen molar-refractivity contribution in [3.63, 3.8) is 0 Å². The first-order valence-electron chi connectivity index (χ1n) is 6.94. The van der Waals surface area contributed by atoms with Crippen LogP contribution in [0.1, 0.15) is 24.3 Å². The Balaban J connectivity index is 2.05. The highest BCUT2D eigenvalue weighted by molar-refractivity contribution is 7.15. The van der Waals surface area contributed by atoms with E-state index in [2.05, 4.69) is 29.0 Å². The Morgan fingerprint density at radius 3 is 2.57 bits per heavy atom. The van der Waals surface area contributed by atoms with E-state index in [1.807, 2.05) is 25.3 Å². The standard InChI is InChI=1S/C15H19Cl2N3S/c1-4-20(5-2)15-19-9-11(21-15)8-18-14-7-12(16)10(3)6-13(14)17/h6-7,9,18H,4-5,8H2,1-3H3. The predicted molar refractivity (Wildman–Crippen MR) is 94.2 cm³/mol. The molecule has 0 aliphatic heterocycles. The maximum atomic E-state index is 6.23. The number of rotatable bonds is 6. The van der Waals surface area contributed by atoms with Gasteiger partial charge in [-0.25, -0.2) is 4.98 Å². The molecule has 0 saturated carbocycles. The van der Waals surface area contributed by atoms with Crippen molar-refractivity contribution in [1.29, 1.82) is 0 Å². The highest BCUT2D eigenvalue weighted by Crippen LogP contribution is 2.30. The van der Waals surface area contributed by atoms with Crippen LogP contribution in [0.15, 0.2) is 18.3 Å². The maximum absolute atomic E-state index is 6.23. The van der Waals surface area contributed by atoms with Gasteiger partial charge >= 0.3 is 0 Å². The molecule has 1 aromatic heterocycles. The van der Waals surface area contributed by atoms with E-state index in [-0.39, 0.29) is 0 Å². The number of halogens is 2. The molecule has 0 radical (unpaired) electrons. The fourth-order valence-corrected chi connectivity index (χ4v) is 3.41. The summed E-state index contributed by atoms with van der Waals surface area (Å²) < 4.78 is 0. The summed E-state index contributed by atoms with van der Waals surface area (Å²) >= 11 is 14.1. The molecule has 0 atom stereocenters. The molecule has 0 fully saturated rings. The van der Waals surface area contributed by atoms with E-state index in [9.17, 15) is 0 Å². The predicted octanol–water partition coefficient (Wildman–Crippen LogP) is 5.22. The monoisotopic (exact) mass is 343 g/mol. The average Bonchev–Trinajstić information content (AvgIpc) is 2.91. The molecule has 0 amide bonds. The lowest BCUT2D eigenvalue weighted by Gasteiger charge is -2.16. The third-order valence-corrected chi connectivity index (χ3v) is 5.05. The summed E-state index contributed by atoms with van der Waals surface area (Å²) in [6.07, 6.45) is 1.91. The van der Waals surface area contributed by atoms with Crippen molar-refractivity contribution < 1.29 is 0 Å². The lowest BCUT2D eigenvalue weighted by molar-refractivity contribution is 0.860. The zero-order chi connectivity index (χ0) is 15.4. The molecule has 0 unspecified atom stereocenters. The van der Waals surface area contributed by atoms with Crippen molar-refractivity contribution in [2.75, 3.05) is 23.3 Å². The van der Waals surface area contributed by atoms with Gasteiger partial charge in [-0.05, 0) is 38.5 Å². The second-order valence-electron chi connectivity index (χ2n) is 4.72. The average molecular weight is 344 g/mol. The largest absolute Gasteiger partial charge is 0.379 e. The minimum Gasteiger partial charge on any atom is -0.379 e. The first-order valence-corrected chi connectivity index (χ1v) is 8.51. The SMILES string of the molecule is CCN(CC)c1ncc(CNc2cc(Cl)c(C)cc2Cl)s1. The van der Waals surface area contributed by atoms with Gasteiger partial charge in [-0.2, -0.15) is 0 Å². The van der Waals surface area contributed by atoms with Crippen LogP contribution >= 0.6 is 34.5 Å². The minimum absolute atomic E-state index is 0.686. The molecule has 0 aliphatic rings. The number of aryl methyl sites for hydroxylation is 1. The number of hydrogen-bond donors (Lipinski definition) is 1. The maximum Gasteiger partial charge on any atom is 0.185 e. The van der Waals surface area contributed by atoms with Crippen LogP contribution in [0.4, 0.5) is 10.8 Å². The van der Waals surface area contributed by atoms with Crippen molar-refractivity contribution in [1.82, 2.24) is 4.98 Å². The van der Waals surface area contributed by atoms with Gasteiger partial charge in [0.15, 0.2) is 5.13 Å². The Morgan fingerprint density at radius 2 is 1.90 bits per heavy atom. The summed E-state index contributed by atoms with van der Waals surface area (Å²) in [5.41, 5.74) is 1.83. The van der Waals surface area contributed by atoms with Crippen molar-refractivity contribution in [2.24, 2.45) is 0 Å². The Labute approximate surface area is 139 Å². The lowest BCUT2D eigenvalue weighted by Crippen LogP contribution is -2.21. The summed E-state index contributed by atoms with van der Waals surface area (Å²) in [7, 11) is 0. The van der Waals surface area contributed by atoms with Crippen molar-refractivity contribution in [3.05, 3.63) is 38.8 Å². The van der Waals surface area contributed by atoms with E-state index in [4.69, 9.17) is 23.2 Å². The Bertz CT molecular complexity index is 609. The fraction of sp³-hybridized carbons (Fsp3) is 0.400. The van der Waals surface area contributed by atoms with Gasteiger partial charge in [0.2, 0.25) is 0 Å². The van der Waals surface area contributed by atoms with Crippen LogP contribution in [0.25, 0.3) is 0 Å². The molecule has 0 saturated heterocycles. The van der Waals surface area contributed by atoms with Crippen molar-refractivity contribution >= 4 is 45.4 Å². The molecule has 2 rings (SSSR count). The molecular weight excluding hydrogens is 325 g/mol. The summed E-state index contributed by atoms with van der Waals surface area (Å²) in [4.78, 5) is 7.88. The van der Waals surface area contributed by atoms with Crippen LogP contribution in [0.3, 0.4) is 0 Å². The van der Waals surface area contributed by atoms with Gasteiger partial charge in [-0.1, -0.05) is 23.2 Å². The third-order valence-electron chi connectivity index (χ3n) is 3.28. The molecule has 2 aromatic rings. The van der Waals surface area contributed by atoms with Crippen molar-refractivity contribution in [3.8, 4) is 0 Å². The van der Waals surface area contributed by atoms with Gasteiger partial charge in [-0.3, -0.25) is 0 Å². The van der Waals surface area contributed by atoms with Crippen LogP contribution in [-0.2, 0) is 6.54 Å². The van der Waals surface area contributed by atoms with E-state index >= 15 is 0 Å². The number of nitrogens with one attached hydrogen (secondary N) is 1. The molecule has 21 heavy (non-hydrogen) atoms. The number of aromatic nitrogens is 1. The number of hydrogen-bond acceptors (Lipinski definition) is 4. The first-order chi connectivity index (χ1) is 10.0. The van der Waals surface area contributed by atoms with E-state index in [1.54, 1.807) is 11.3 Å². The second-order valence-corrected chi connectivity index (χ2v) is 6.62. The summed E-state index contributed by atoms with van der Waals surface area (Å²) in [6, 6.07) is 3.74. The zero-order valence-electron chi connectivity index (χ0n) is 12.4. The molecular formula is C15H19Cl2N3S.